The van der Waals surface area contributed by atoms with Gasteiger partial charge in [0.25, 0.3) is 5.91 Å². The second-order valence-electron chi connectivity index (χ2n) is 6.54. The van der Waals surface area contributed by atoms with Crippen LogP contribution in [0.25, 0.3) is 0 Å². The van der Waals surface area contributed by atoms with Crippen molar-refractivity contribution in [2.45, 2.75) is 24.9 Å². The summed E-state index contributed by atoms with van der Waals surface area (Å²) in [5.41, 5.74) is 8.25. The van der Waals surface area contributed by atoms with Gasteiger partial charge in [-0.3, -0.25) is 9.79 Å². The number of carbonyl (C=O) groups is 1. The molecule has 3 atom stereocenters. The van der Waals surface area contributed by atoms with Crippen molar-refractivity contribution in [3.8, 4) is 5.75 Å². The molecular weight excluding hydrogens is 292 g/mol. The van der Waals surface area contributed by atoms with Gasteiger partial charge in [0.05, 0.1) is 12.8 Å². The lowest BCUT2D eigenvalue weighted by Crippen LogP contribution is -2.41. The number of ether oxygens (including phenoxy) is 1. The Morgan fingerprint density at radius 3 is 2.65 bits per heavy atom. The van der Waals surface area contributed by atoms with E-state index in [0.717, 1.165) is 25.1 Å². The molecule has 2 bridgehead atoms. The van der Waals surface area contributed by atoms with E-state index in [9.17, 15) is 4.79 Å². The van der Waals surface area contributed by atoms with Gasteiger partial charge in [0.1, 0.15) is 11.4 Å². The Bertz CT molecular complexity index is 644. The molecule has 1 saturated carbocycles. The number of nitrogens with zero attached hydrogens (tertiary/aromatic N) is 3. The Balaban J connectivity index is 1.97. The van der Waals surface area contributed by atoms with Crippen LogP contribution in [-0.4, -0.2) is 57.4 Å². The second kappa shape index (κ2) is 5.85. The normalized spacial score (nSPS) is 25.6. The summed E-state index contributed by atoms with van der Waals surface area (Å²) >= 11 is 0. The molecule has 2 fully saturated rings. The first-order chi connectivity index (χ1) is 11.0. The largest absolute Gasteiger partial charge is 0.494 e. The quantitative estimate of drug-likeness (QED) is 0.858. The summed E-state index contributed by atoms with van der Waals surface area (Å²) in [6, 6.07) is 3.83. The van der Waals surface area contributed by atoms with Crippen LogP contribution in [0.2, 0.25) is 0 Å². The number of nitrogens with two attached hydrogens (primary N) is 1. The van der Waals surface area contributed by atoms with Gasteiger partial charge in [0.2, 0.25) is 0 Å². The number of methoxy groups -OCH3 is 1. The number of piperidine rings is 1. The number of likely N-dealkylation sites (tertiary alicyclic amines) is 1. The van der Waals surface area contributed by atoms with E-state index in [4.69, 9.17) is 10.5 Å². The van der Waals surface area contributed by atoms with Gasteiger partial charge in [-0.25, -0.2) is 0 Å². The van der Waals surface area contributed by atoms with Gasteiger partial charge in [0.15, 0.2) is 0 Å². The van der Waals surface area contributed by atoms with Gasteiger partial charge >= 0.3 is 0 Å². The monoisotopic (exact) mass is 316 g/mol. The van der Waals surface area contributed by atoms with Crippen LogP contribution in [0.1, 0.15) is 23.2 Å². The van der Waals surface area contributed by atoms with E-state index in [-0.39, 0.29) is 18.0 Å². The van der Waals surface area contributed by atoms with E-state index in [2.05, 4.69) is 11.7 Å². The maximum Gasteiger partial charge on any atom is 0.254 e. The minimum atomic E-state index is 0.00107. The lowest BCUT2D eigenvalue weighted by Gasteiger charge is -2.28. The van der Waals surface area contributed by atoms with Gasteiger partial charge in [-0.15, -0.1) is 0 Å². The van der Waals surface area contributed by atoms with Gasteiger partial charge in [-0.1, -0.05) is 0 Å². The van der Waals surface area contributed by atoms with Crippen molar-refractivity contribution in [3.63, 3.8) is 0 Å². The van der Waals surface area contributed by atoms with Gasteiger partial charge < -0.3 is 20.3 Å². The van der Waals surface area contributed by atoms with Crippen LogP contribution in [0, 0.1) is 5.92 Å². The van der Waals surface area contributed by atoms with Crippen LogP contribution >= 0.6 is 0 Å². The fraction of sp³-hybridized carbons (Fsp3) is 0.529. The number of carbonyl (C=O) groups excluding carboxylic acids is 1. The summed E-state index contributed by atoms with van der Waals surface area (Å²) in [4.78, 5) is 20.8. The number of benzene rings is 1. The highest BCUT2D eigenvalue weighted by molar-refractivity contribution is 5.98. The first-order valence-electron chi connectivity index (χ1n) is 7.90. The number of hydrogen-bond acceptors (Lipinski definition) is 5. The van der Waals surface area contributed by atoms with E-state index in [1.807, 2.05) is 23.9 Å². The van der Waals surface area contributed by atoms with Crippen molar-refractivity contribution in [2.24, 2.45) is 16.6 Å². The van der Waals surface area contributed by atoms with Crippen LogP contribution in [-0.2, 0) is 0 Å². The Morgan fingerprint density at radius 2 is 2.17 bits per heavy atom. The van der Waals surface area contributed by atoms with Crippen molar-refractivity contribution in [2.75, 3.05) is 32.6 Å². The summed E-state index contributed by atoms with van der Waals surface area (Å²) in [5.74, 6) is 1.06. The van der Waals surface area contributed by atoms with E-state index < -0.39 is 0 Å². The van der Waals surface area contributed by atoms with Gasteiger partial charge in [0, 0.05) is 38.3 Å². The van der Waals surface area contributed by atoms with E-state index >= 15 is 0 Å². The highest BCUT2D eigenvalue weighted by Crippen LogP contribution is 2.41. The Morgan fingerprint density at radius 1 is 1.43 bits per heavy atom. The Labute approximate surface area is 136 Å². The zero-order valence-electron chi connectivity index (χ0n) is 14.0. The highest BCUT2D eigenvalue weighted by atomic mass is 16.5. The molecule has 2 aliphatic rings. The SMILES string of the molecule is C=Nc1cc(C(=O)N2C[C@H]3CC[C@@H]2[C@@H]3N)cc(OC)c1N(C)C. The molecule has 6 heteroatoms. The fourth-order valence-corrected chi connectivity index (χ4v) is 3.89. The maximum absolute atomic E-state index is 12.9. The Hall–Kier alpha value is -2.08. The summed E-state index contributed by atoms with van der Waals surface area (Å²) in [7, 11) is 5.41. The molecule has 23 heavy (non-hydrogen) atoms. The summed E-state index contributed by atoms with van der Waals surface area (Å²) in [6.07, 6.45) is 2.12. The standard InChI is InChI=1S/C17H24N4O2/c1-19-12-7-11(8-14(23-4)16(12)20(2)3)17(22)21-9-10-5-6-13(21)15(10)18/h7-8,10,13,15H,1,5-6,9,18H2,2-4H3/t10-,13-,15-/m1/s1. The number of amides is 1. The molecule has 6 nitrogen and oxygen atoms in total. The molecule has 3 rings (SSSR count). The molecule has 0 spiro atoms. The molecule has 1 aliphatic carbocycles. The predicted molar refractivity (Wildman–Crippen MR) is 92.1 cm³/mol. The molecule has 2 N–H and O–H groups in total. The van der Waals surface area contributed by atoms with E-state index in [0.29, 0.717) is 22.9 Å². The molecule has 1 aromatic rings. The zero-order chi connectivity index (χ0) is 16.7. The van der Waals surface area contributed by atoms with Gasteiger partial charge in [-0.05, 0) is 37.6 Å². The number of anilines is 1. The molecule has 0 aromatic heterocycles. The molecule has 124 valence electrons. The van der Waals surface area contributed by atoms with Crippen molar-refractivity contribution in [1.82, 2.24) is 4.90 Å². The van der Waals surface area contributed by atoms with Crippen LogP contribution in [0.3, 0.4) is 0 Å². The van der Waals surface area contributed by atoms with E-state index in [1.165, 1.54) is 0 Å². The minimum Gasteiger partial charge on any atom is -0.494 e. The first-order valence-corrected chi connectivity index (χ1v) is 7.90. The van der Waals surface area contributed by atoms with Crippen molar-refractivity contribution < 1.29 is 9.53 Å². The van der Waals surface area contributed by atoms with Crippen molar-refractivity contribution >= 4 is 24.0 Å². The third-order valence-corrected chi connectivity index (χ3v) is 5.05. The van der Waals surface area contributed by atoms with Crippen LogP contribution in [0.15, 0.2) is 17.1 Å². The number of hydrogen-bond donors (Lipinski definition) is 1. The van der Waals surface area contributed by atoms with Crippen LogP contribution in [0.4, 0.5) is 11.4 Å². The highest BCUT2D eigenvalue weighted by Gasteiger charge is 2.46. The average molecular weight is 316 g/mol. The molecule has 1 aromatic carbocycles. The third-order valence-electron chi connectivity index (χ3n) is 5.05. The molecule has 1 amide bonds. The summed E-state index contributed by atoms with van der Waals surface area (Å²) < 4.78 is 5.46. The number of aliphatic imine (C=N–C) groups is 1. The number of fused-ring (bicyclic) bond motifs is 2. The zero-order valence-corrected chi connectivity index (χ0v) is 14.0. The second-order valence-corrected chi connectivity index (χ2v) is 6.54. The van der Waals surface area contributed by atoms with Gasteiger partial charge in [-0.2, -0.15) is 0 Å². The molecule has 1 heterocycles. The van der Waals surface area contributed by atoms with Crippen LogP contribution < -0.4 is 15.4 Å². The summed E-state index contributed by atoms with van der Waals surface area (Å²) in [5, 5.41) is 0. The topological polar surface area (TPSA) is 71.2 Å². The van der Waals surface area contributed by atoms with Crippen molar-refractivity contribution in [3.05, 3.63) is 17.7 Å². The molecule has 0 radical (unpaired) electrons. The first kappa shape index (κ1) is 15.8. The fourth-order valence-electron chi connectivity index (χ4n) is 3.89. The smallest absolute Gasteiger partial charge is 0.254 e. The third kappa shape index (κ3) is 2.47. The molecule has 1 saturated heterocycles. The Kier molecular flexibility index (Phi) is 4.02. The van der Waals surface area contributed by atoms with Crippen molar-refractivity contribution in [1.29, 1.82) is 0 Å². The average Bonchev–Trinajstić information content (AvgIpc) is 3.07. The predicted octanol–water partition coefficient (Wildman–Crippen LogP) is 1.66. The summed E-state index contributed by atoms with van der Waals surface area (Å²) in [6.45, 7) is 4.37. The van der Waals surface area contributed by atoms with Crippen LogP contribution in [0.5, 0.6) is 5.75 Å². The minimum absolute atomic E-state index is 0.00107. The molecule has 0 unspecified atom stereocenters. The molecular formula is C17H24N4O2. The lowest BCUT2D eigenvalue weighted by atomic mass is 10.1. The maximum atomic E-state index is 12.9. The van der Waals surface area contributed by atoms with E-state index in [1.54, 1.807) is 19.2 Å². The molecule has 1 aliphatic heterocycles. The lowest BCUT2D eigenvalue weighted by molar-refractivity contribution is 0.0700. The number of rotatable bonds is 4.